The number of ether oxygens (including phenoxy) is 6. The van der Waals surface area contributed by atoms with Gasteiger partial charge >= 0.3 is 0 Å². The minimum Gasteiger partial charge on any atom is -0.366 e. The van der Waals surface area contributed by atoms with E-state index < -0.39 is 22.2 Å². The molecule has 3 aliphatic heterocycles. The second-order valence-corrected chi connectivity index (χ2v) is 7.83. The lowest BCUT2D eigenvalue weighted by Gasteiger charge is -2.44. The summed E-state index contributed by atoms with van der Waals surface area (Å²) in [6, 6.07) is 0. The Morgan fingerprint density at radius 3 is 2.14 bits per heavy atom. The van der Waals surface area contributed by atoms with Crippen molar-refractivity contribution in [1.82, 2.24) is 0 Å². The van der Waals surface area contributed by atoms with Crippen LogP contribution in [0.4, 0.5) is 0 Å². The molecule has 3 aliphatic rings. The van der Waals surface area contributed by atoms with Crippen LogP contribution in [0.2, 0.25) is 0 Å². The first-order valence-electron chi connectivity index (χ1n) is 6.56. The molecule has 0 bridgehead atoms. The average molecular weight is 364 g/mol. The van der Waals surface area contributed by atoms with E-state index in [1.165, 1.54) is 0 Å². The number of halogens is 3. The van der Waals surface area contributed by atoms with Crippen LogP contribution in [0.15, 0.2) is 0 Å². The summed E-state index contributed by atoms with van der Waals surface area (Å²) in [5.74, 6) is -0.724. The molecule has 0 N–H and O–H groups in total. The van der Waals surface area contributed by atoms with Crippen LogP contribution < -0.4 is 0 Å². The fourth-order valence-electron chi connectivity index (χ4n) is 2.78. The molecule has 6 atom stereocenters. The van der Waals surface area contributed by atoms with E-state index >= 15 is 0 Å². The van der Waals surface area contributed by atoms with E-state index in [-0.39, 0.29) is 24.4 Å². The van der Waals surface area contributed by atoms with Gasteiger partial charge in [0.15, 0.2) is 12.1 Å². The molecule has 0 spiro atoms. The molecule has 6 nitrogen and oxygen atoms in total. The molecule has 0 aromatic rings. The molecule has 9 heteroatoms. The Balaban J connectivity index is 1.58. The van der Waals surface area contributed by atoms with Gasteiger partial charge in [-0.1, -0.05) is 34.8 Å². The maximum Gasteiger partial charge on any atom is 0.241 e. The lowest BCUT2D eigenvalue weighted by atomic mass is 9.93. The van der Waals surface area contributed by atoms with Crippen molar-refractivity contribution in [2.24, 2.45) is 0 Å². The van der Waals surface area contributed by atoms with Gasteiger partial charge in [0, 0.05) is 20.6 Å². The van der Waals surface area contributed by atoms with Crippen LogP contribution in [0.3, 0.4) is 0 Å². The highest BCUT2D eigenvalue weighted by atomic mass is 35.6. The lowest BCUT2D eigenvalue weighted by molar-refractivity contribution is -0.290. The number of hydrogen-bond donors (Lipinski definition) is 0. The van der Waals surface area contributed by atoms with Crippen LogP contribution in [0.5, 0.6) is 0 Å². The van der Waals surface area contributed by atoms with Gasteiger partial charge in [-0.15, -0.1) is 0 Å². The molecular weight excluding hydrogens is 346 g/mol. The zero-order valence-electron chi connectivity index (χ0n) is 11.8. The highest BCUT2D eigenvalue weighted by Crippen LogP contribution is 2.48. The van der Waals surface area contributed by atoms with Gasteiger partial charge in [-0.25, -0.2) is 0 Å². The van der Waals surface area contributed by atoms with Crippen molar-refractivity contribution >= 4 is 34.8 Å². The molecule has 3 saturated heterocycles. The Morgan fingerprint density at radius 1 is 0.905 bits per heavy atom. The largest absolute Gasteiger partial charge is 0.366 e. The third kappa shape index (κ3) is 2.91. The molecule has 3 rings (SSSR count). The predicted molar refractivity (Wildman–Crippen MR) is 74.4 cm³/mol. The van der Waals surface area contributed by atoms with E-state index in [1.807, 2.05) is 6.92 Å². The zero-order valence-corrected chi connectivity index (χ0v) is 14.0. The molecule has 0 aromatic heterocycles. The smallest absolute Gasteiger partial charge is 0.241 e. The van der Waals surface area contributed by atoms with Crippen molar-refractivity contribution in [3.8, 4) is 0 Å². The normalized spacial score (nSPS) is 42.6. The van der Waals surface area contributed by atoms with Crippen molar-refractivity contribution in [3.63, 3.8) is 0 Å². The third-order valence-electron chi connectivity index (χ3n) is 4.15. The summed E-state index contributed by atoms with van der Waals surface area (Å²) in [4.78, 5) is 0. The maximum atomic E-state index is 5.82. The fourth-order valence-corrected chi connectivity index (χ4v) is 3.09. The molecule has 0 saturated carbocycles. The van der Waals surface area contributed by atoms with Gasteiger partial charge < -0.3 is 28.4 Å². The molecule has 3 heterocycles. The SMILES string of the molecule is COC(C)(CC1O[C@@H]2[C@H]3O[C@@H](C(Cl)(Cl)Cl)O[C@H]3O[C@H]12)OC. The van der Waals surface area contributed by atoms with Crippen molar-refractivity contribution in [3.05, 3.63) is 0 Å². The van der Waals surface area contributed by atoms with E-state index in [0.717, 1.165) is 0 Å². The Morgan fingerprint density at radius 2 is 1.57 bits per heavy atom. The van der Waals surface area contributed by atoms with E-state index in [2.05, 4.69) is 0 Å². The molecule has 0 amide bonds. The van der Waals surface area contributed by atoms with Crippen LogP contribution in [0, 0.1) is 0 Å². The van der Waals surface area contributed by atoms with Crippen LogP contribution in [-0.4, -0.2) is 60.8 Å². The molecule has 122 valence electrons. The van der Waals surface area contributed by atoms with Gasteiger partial charge in [0.2, 0.25) is 10.1 Å². The van der Waals surface area contributed by atoms with E-state index in [4.69, 9.17) is 63.2 Å². The van der Waals surface area contributed by atoms with E-state index in [9.17, 15) is 0 Å². The number of fused-ring (bicyclic) bond motifs is 3. The summed E-state index contributed by atoms with van der Waals surface area (Å²) in [7, 11) is 3.17. The standard InChI is InChI=1S/C12H17Cl3O6/c1-11(16-2,17-3)4-5-6-7(18-5)8-9(19-6)21-10(20-8)12(13,14)15/h5-10H,4H2,1-3H3/t5?,6-,7+,8-,9-,10-/m1/s1. The summed E-state index contributed by atoms with van der Waals surface area (Å²) in [5, 5.41) is 0. The molecule has 21 heavy (non-hydrogen) atoms. The minimum atomic E-state index is -1.66. The van der Waals surface area contributed by atoms with E-state index in [1.54, 1.807) is 14.2 Å². The third-order valence-corrected chi connectivity index (χ3v) is 4.68. The molecule has 0 aromatic carbocycles. The number of rotatable bonds is 4. The van der Waals surface area contributed by atoms with Crippen molar-refractivity contribution in [2.45, 2.75) is 59.9 Å². The molecule has 1 unspecified atom stereocenters. The van der Waals surface area contributed by atoms with Gasteiger partial charge in [0.1, 0.15) is 18.3 Å². The van der Waals surface area contributed by atoms with Gasteiger partial charge in [-0.2, -0.15) is 0 Å². The van der Waals surface area contributed by atoms with Gasteiger partial charge in [0.05, 0.1) is 6.10 Å². The Labute approximate surface area is 137 Å². The van der Waals surface area contributed by atoms with Crippen molar-refractivity contribution in [2.75, 3.05) is 14.2 Å². The van der Waals surface area contributed by atoms with Crippen molar-refractivity contribution in [1.29, 1.82) is 0 Å². The molecule has 0 radical (unpaired) electrons. The highest BCUT2D eigenvalue weighted by molar-refractivity contribution is 6.67. The second kappa shape index (κ2) is 5.61. The predicted octanol–water partition coefficient (Wildman–Crippen LogP) is 1.99. The molecule has 0 aliphatic carbocycles. The Bertz CT molecular complexity index is 399. The first kappa shape index (κ1) is 16.5. The average Bonchev–Trinajstić information content (AvgIpc) is 2.93. The van der Waals surface area contributed by atoms with Crippen LogP contribution in [-0.2, 0) is 28.4 Å². The quantitative estimate of drug-likeness (QED) is 0.562. The Kier molecular flexibility index (Phi) is 4.41. The summed E-state index contributed by atoms with van der Waals surface area (Å²) >= 11 is 17.3. The second-order valence-electron chi connectivity index (χ2n) is 5.46. The minimum absolute atomic E-state index is 0.138. The Hall–Kier alpha value is 0.630. The first-order chi connectivity index (χ1) is 9.77. The fraction of sp³-hybridized carbons (Fsp3) is 1.00. The van der Waals surface area contributed by atoms with Crippen LogP contribution in [0.1, 0.15) is 13.3 Å². The monoisotopic (exact) mass is 362 g/mol. The topological polar surface area (TPSA) is 55.4 Å². The summed E-state index contributed by atoms with van der Waals surface area (Å²) in [5.41, 5.74) is 0. The van der Waals surface area contributed by atoms with Gasteiger partial charge in [-0.3, -0.25) is 0 Å². The number of alkyl halides is 3. The number of methoxy groups -OCH3 is 2. The van der Waals surface area contributed by atoms with E-state index in [0.29, 0.717) is 6.42 Å². The summed E-state index contributed by atoms with van der Waals surface area (Å²) < 4.78 is 31.7. The number of hydrogen-bond acceptors (Lipinski definition) is 6. The van der Waals surface area contributed by atoms with Crippen molar-refractivity contribution < 1.29 is 28.4 Å². The summed E-state index contributed by atoms with van der Waals surface area (Å²) in [6.07, 6.45) is -1.90. The zero-order chi connectivity index (χ0) is 15.4. The van der Waals surface area contributed by atoms with Crippen LogP contribution in [0.25, 0.3) is 0 Å². The lowest BCUT2D eigenvalue weighted by Crippen LogP contribution is -2.58. The van der Waals surface area contributed by atoms with Gasteiger partial charge in [-0.05, 0) is 6.92 Å². The van der Waals surface area contributed by atoms with Gasteiger partial charge in [0.25, 0.3) is 0 Å². The highest BCUT2D eigenvalue weighted by Gasteiger charge is 2.64. The molecule has 3 fully saturated rings. The maximum absolute atomic E-state index is 5.82. The first-order valence-corrected chi connectivity index (χ1v) is 7.70. The van der Waals surface area contributed by atoms with Crippen LogP contribution >= 0.6 is 34.8 Å². The summed E-state index contributed by atoms with van der Waals surface area (Å²) in [6.45, 7) is 1.84. The molecular formula is C12H17Cl3O6.